The van der Waals surface area contributed by atoms with Crippen LogP contribution in [0.2, 0.25) is 0 Å². The fourth-order valence-electron chi connectivity index (χ4n) is 1.68. The molecule has 20 heavy (non-hydrogen) atoms. The fourth-order valence-corrected chi connectivity index (χ4v) is 1.68. The number of ether oxygens (including phenoxy) is 1. The number of likely N-dealkylation sites (tertiary alicyclic amines) is 1. The maximum absolute atomic E-state index is 11.7. The molecule has 1 aliphatic rings. The number of rotatable bonds is 0. The number of nitrogens with zero attached hydrogens (tertiary/aromatic N) is 2. The first-order valence-corrected chi connectivity index (χ1v) is 6.40. The van der Waals surface area contributed by atoms with Crippen LogP contribution < -0.4 is 5.32 Å². The number of nitrogens with one attached hydrogen (secondary N) is 1. The summed E-state index contributed by atoms with van der Waals surface area (Å²) in [6.07, 6.45) is -0.592. The summed E-state index contributed by atoms with van der Waals surface area (Å²) in [5, 5.41) is 11.0. The molecule has 0 atom stereocenters. The second kappa shape index (κ2) is 6.40. The highest BCUT2D eigenvalue weighted by molar-refractivity contribution is 5.98. The lowest BCUT2D eigenvalue weighted by molar-refractivity contribution is 0.0601. The van der Waals surface area contributed by atoms with Gasteiger partial charge in [-0.1, -0.05) is 12.2 Å². The van der Waals surface area contributed by atoms with Crippen molar-refractivity contribution in [2.24, 2.45) is 4.99 Å². The number of carbonyl (C=O) groups excluding carboxylic acids is 1. The lowest BCUT2D eigenvalue weighted by Gasteiger charge is -2.30. The van der Waals surface area contributed by atoms with E-state index in [1.165, 1.54) is 0 Å². The van der Waals surface area contributed by atoms with E-state index in [4.69, 9.17) is 9.84 Å². The third kappa shape index (κ3) is 5.73. The molecule has 0 bridgehead atoms. The number of hydrogen-bond acceptors (Lipinski definition) is 3. The maximum Gasteiger partial charge on any atom is 0.437 e. The van der Waals surface area contributed by atoms with Gasteiger partial charge in [-0.2, -0.15) is 0 Å². The largest absolute Gasteiger partial charge is 0.465 e. The van der Waals surface area contributed by atoms with E-state index in [-0.39, 0.29) is 5.96 Å². The van der Waals surface area contributed by atoms with Crippen LogP contribution in [0, 0.1) is 0 Å². The van der Waals surface area contributed by atoms with Gasteiger partial charge in [0.2, 0.25) is 5.96 Å². The van der Waals surface area contributed by atoms with Crippen molar-refractivity contribution < 1.29 is 19.4 Å². The highest BCUT2D eigenvalue weighted by atomic mass is 16.6. The molecule has 0 aromatic carbocycles. The van der Waals surface area contributed by atoms with Crippen molar-refractivity contribution in [3.8, 4) is 0 Å². The van der Waals surface area contributed by atoms with Gasteiger partial charge < -0.3 is 14.7 Å². The molecule has 0 spiro atoms. The van der Waals surface area contributed by atoms with Gasteiger partial charge in [-0.05, 0) is 33.6 Å². The first-order chi connectivity index (χ1) is 9.17. The van der Waals surface area contributed by atoms with Gasteiger partial charge in [0.05, 0.1) is 0 Å². The van der Waals surface area contributed by atoms with Crippen molar-refractivity contribution in [1.29, 1.82) is 0 Å². The molecule has 0 saturated carbocycles. The highest BCUT2D eigenvalue weighted by Crippen LogP contribution is 2.14. The van der Waals surface area contributed by atoms with E-state index in [0.29, 0.717) is 13.1 Å². The third-order valence-corrected chi connectivity index (χ3v) is 2.58. The Hall–Kier alpha value is -2.05. The number of guanidine groups is 1. The van der Waals surface area contributed by atoms with E-state index in [9.17, 15) is 9.59 Å². The molecule has 0 aromatic rings. The Labute approximate surface area is 118 Å². The minimum Gasteiger partial charge on any atom is -0.465 e. The van der Waals surface area contributed by atoms with E-state index in [2.05, 4.69) is 16.9 Å². The van der Waals surface area contributed by atoms with Gasteiger partial charge in [-0.15, -0.1) is 4.99 Å². The molecule has 2 amide bonds. The van der Waals surface area contributed by atoms with Crippen LogP contribution in [0.1, 0.15) is 33.6 Å². The molecule has 0 aromatic heterocycles. The molecule has 1 heterocycles. The predicted molar refractivity (Wildman–Crippen MR) is 74.8 cm³/mol. The van der Waals surface area contributed by atoms with Gasteiger partial charge in [0, 0.05) is 13.1 Å². The summed E-state index contributed by atoms with van der Waals surface area (Å²) in [6.45, 7) is 10.2. The van der Waals surface area contributed by atoms with E-state index in [1.807, 2.05) is 0 Å². The quantitative estimate of drug-likeness (QED) is 0.404. The number of carbonyl (C=O) groups is 2. The van der Waals surface area contributed by atoms with Crippen molar-refractivity contribution in [3.05, 3.63) is 12.2 Å². The smallest absolute Gasteiger partial charge is 0.437 e. The lowest BCUT2D eigenvalue weighted by Crippen LogP contribution is -2.46. The summed E-state index contributed by atoms with van der Waals surface area (Å²) < 4.78 is 5.06. The Morgan fingerprint density at radius 3 is 2.35 bits per heavy atom. The van der Waals surface area contributed by atoms with Crippen LogP contribution in [0.15, 0.2) is 17.1 Å². The molecule has 2 N–H and O–H groups in total. The number of hydrogen-bond donors (Lipinski definition) is 2. The van der Waals surface area contributed by atoms with Crippen molar-refractivity contribution in [2.45, 2.75) is 39.2 Å². The van der Waals surface area contributed by atoms with Crippen LogP contribution >= 0.6 is 0 Å². The van der Waals surface area contributed by atoms with Crippen LogP contribution in [0.25, 0.3) is 0 Å². The van der Waals surface area contributed by atoms with E-state index in [0.717, 1.165) is 18.4 Å². The Bertz CT molecular complexity index is 427. The zero-order valence-corrected chi connectivity index (χ0v) is 12.1. The van der Waals surface area contributed by atoms with Crippen LogP contribution in [-0.2, 0) is 4.74 Å². The highest BCUT2D eigenvalue weighted by Gasteiger charge is 2.22. The Morgan fingerprint density at radius 1 is 1.35 bits per heavy atom. The molecule has 0 aliphatic carbocycles. The summed E-state index contributed by atoms with van der Waals surface area (Å²) in [7, 11) is 0. The summed E-state index contributed by atoms with van der Waals surface area (Å²) in [6, 6.07) is 0. The molecule has 1 fully saturated rings. The Balaban J connectivity index is 2.80. The molecule has 112 valence electrons. The minimum absolute atomic E-state index is 0.000694. The number of aliphatic imine (C=N–C) groups is 1. The first-order valence-electron chi connectivity index (χ1n) is 6.40. The maximum atomic E-state index is 11.7. The molecule has 7 nitrogen and oxygen atoms in total. The van der Waals surface area contributed by atoms with Gasteiger partial charge >= 0.3 is 12.2 Å². The summed E-state index contributed by atoms with van der Waals surface area (Å²) >= 11 is 0. The van der Waals surface area contributed by atoms with E-state index >= 15 is 0 Å². The third-order valence-electron chi connectivity index (χ3n) is 2.58. The molecule has 1 saturated heterocycles. The molecular weight excluding hydrogens is 262 g/mol. The van der Waals surface area contributed by atoms with Crippen LogP contribution in [0.4, 0.5) is 9.59 Å². The van der Waals surface area contributed by atoms with Gasteiger partial charge in [0.1, 0.15) is 5.60 Å². The number of carboxylic acid groups (broad SMARTS) is 1. The average Bonchev–Trinajstić information content (AvgIpc) is 2.25. The summed E-state index contributed by atoms with van der Waals surface area (Å²) in [4.78, 5) is 27.9. The summed E-state index contributed by atoms with van der Waals surface area (Å²) in [5.41, 5.74) is 0.429. The van der Waals surface area contributed by atoms with Crippen molar-refractivity contribution >= 4 is 18.1 Å². The summed E-state index contributed by atoms with van der Waals surface area (Å²) in [5.74, 6) is -0.000694. The molecule has 0 unspecified atom stereocenters. The van der Waals surface area contributed by atoms with Crippen molar-refractivity contribution in [2.75, 3.05) is 13.1 Å². The van der Waals surface area contributed by atoms with Crippen molar-refractivity contribution in [1.82, 2.24) is 10.2 Å². The molecule has 1 aliphatic heterocycles. The molecular formula is C13H21N3O4. The van der Waals surface area contributed by atoms with Gasteiger partial charge in [0.15, 0.2) is 0 Å². The van der Waals surface area contributed by atoms with Crippen molar-refractivity contribution in [3.63, 3.8) is 0 Å². The minimum atomic E-state index is -1.27. The Kier molecular flexibility index (Phi) is 5.12. The number of amides is 2. The van der Waals surface area contributed by atoms with Crippen LogP contribution in [0.5, 0.6) is 0 Å². The topological polar surface area (TPSA) is 91.2 Å². The second-order valence-corrected chi connectivity index (χ2v) is 5.58. The monoisotopic (exact) mass is 283 g/mol. The first kappa shape index (κ1) is 16.0. The zero-order chi connectivity index (χ0) is 15.3. The molecule has 1 rings (SSSR count). The lowest BCUT2D eigenvalue weighted by atomic mass is 10.1. The van der Waals surface area contributed by atoms with Gasteiger partial charge in [0.25, 0.3) is 0 Å². The predicted octanol–water partition coefficient (Wildman–Crippen LogP) is 2.20. The van der Waals surface area contributed by atoms with Crippen LogP contribution in [0.3, 0.4) is 0 Å². The second-order valence-electron chi connectivity index (χ2n) is 5.58. The van der Waals surface area contributed by atoms with Gasteiger partial charge in [-0.3, -0.25) is 5.32 Å². The number of piperidine rings is 1. The SMILES string of the molecule is C=C1CCN(C(=NC(=O)OC(C)(C)C)NC(=O)O)CC1. The average molecular weight is 283 g/mol. The van der Waals surface area contributed by atoms with E-state index < -0.39 is 17.8 Å². The standard InChI is InChI=1S/C13H21N3O4/c1-9-5-7-16(8-6-9)10(14-11(17)18)15-12(19)20-13(2,3)4/h1,5-8H2,2-4H3,(H,17,18)(H,14,15,19). The Morgan fingerprint density at radius 2 is 1.90 bits per heavy atom. The normalized spacial score (nSPS) is 16.9. The fraction of sp³-hybridized carbons (Fsp3) is 0.615. The molecule has 0 radical (unpaired) electrons. The van der Waals surface area contributed by atoms with E-state index in [1.54, 1.807) is 25.7 Å². The molecule has 7 heteroatoms. The van der Waals surface area contributed by atoms with Gasteiger partial charge in [-0.25, -0.2) is 9.59 Å². The zero-order valence-electron chi connectivity index (χ0n) is 12.1. The van der Waals surface area contributed by atoms with Crippen LogP contribution in [-0.4, -0.2) is 46.8 Å².